The molecule has 0 heterocycles. The molecule has 122 valence electrons. The van der Waals surface area contributed by atoms with Crippen LogP contribution in [-0.2, 0) is 0 Å². The van der Waals surface area contributed by atoms with E-state index in [0.717, 1.165) is 19.3 Å². The summed E-state index contributed by atoms with van der Waals surface area (Å²) in [5, 5.41) is 12.7. The van der Waals surface area contributed by atoms with Crippen LogP contribution in [0.15, 0.2) is 0 Å². The van der Waals surface area contributed by atoms with Crippen LogP contribution in [0.2, 0.25) is 0 Å². The van der Waals surface area contributed by atoms with Crippen molar-refractivity contribution in [3.05, 3.63) is 0 Å². The molecule has 6 heteroatoms. The van der Waals surface area contributed by atoms with Crippen LogP contribution in [0.1, 0.15) is 46.0 Å². The Balaban J connectivity index is 2.60. The van der Waals surface area contributed by atoms with E-state index in [1.54, 1.807) is 0 Å². The van der Waals surface area contributed by atoms with Crippen molar-refractivity contribution in [3.63, 3.8) is 0 Å². The first-order chi connectivity index (χ1) is 9.87. The van der Waals surface area contributed by atoms with Gasteiger partial charge in [-0.15, -0.1) is 0 Å². The summed E-state index contributed by atoms with van der Waals surface area (Å²) in [6.45, 7) is 4.57. The summed E-state index contributed by atoms with van der Waals surface area (Å²) in [5.74, 6) is 0.148. The molecule has 1 rings (SSSR count). The van der Waals surface area contributed by atoms with Gasteiger partial charge < -0.3 is 0 Å². The van der Waals surface area contributed by atoms with Crippen LogP contribution in [0.3, 0.4) is 0 Å². The fourth-order valence-corrected chi connectivity index (χ4v) is 3.38. The quantitative estimate of drug-likeness (QED) is 0.747. The van der Waals surface area contributed by atoms with E-state index in [9.17, 15) is 18.4 Å². The smallest absolute Gasteiger partial charge is 0.299 e. The Bertz CT molecular complexity index is 351. The van der Waals surface area contributed by atoms with Gasteiger partial charge in [0.1, 0.15) is 5.54 Å². The highest BCUT2D eigenvalue weighted by molar-refractivity contribution is 5.14. The summed E-state index contributed by atoms with van der Waals surface area (Å²) in [6, 6.07) is 2.38. The van der Waals surface area contributed by atoms with Gasteiger partial charge in [-0.1, -0.05) is 20.3 Å². The van der Waals surface area contributed by atoms with Gasteiger partial charge in [-0.2, -0.15) is 18.4 Å². The zero-order valence-corrected chi connectivity index (χ0v) is 13.0. The molecular weight excluding hydrogens is 279 g/mol. The van der Waals surface area contributed by atoms with Crippen molar-refractivity contribution in [2.45, 2.75) is 57.7 Å². The minimum absolute atomic E-state index is 0.148. The van der Waals surface area contributed by atoms with E-state index >= 15 is 0 Å². The zero-order chi connectivity index (χ0) is 15.9. The van der Waals surface area contributed by atoms with Crippen LogP contribution in [0, 0.1) is 17.2 Å². The molecule has 0 amide bonds. The van der Waals surface area contributed by atoms with Gasteiger partial charge in [-0.05, 0) is 51.2 Å². The number of nitrogens with one attached hydrogen (secondary N) is 1. The Morgan fingerprint density at radius 1 is 1.33 bits per heavy atom. The first-order valence-electron chi connectivity index (χ1n) is 7.82. The lowest BCUT2D eigenvalue weighted by Crippen LogP contribution is -2.48. The van der Waals surface area contributed by atoms with Crippen LogP contribution < -0.4 is 5.32 Å². The van der Waals surface area contributed by atoms with Gasteiger partial charge in [-0.3, -0.25) is 10.2 Å². The van der Waals surface area contributed by atoms with E-state index in [2.05, 4.69) is 11.4 Å². The molecule has 0 saturated heterocycles. The van der Waals surface area contributed by atoms with Crippen LogP contribution in [-0.4, -0.2) is 42.8 Å². The maximum Gasteiger partial charge on any atom is 0.401 e. The molecular formula is C15H26F3N3. The average molecular weight is 305 g/mol. The summed E-state index contributed by atoms with van der Waals surface area (Å²) >= 11 is 0. The highest BCUT2D eigenvalue weighted by atomic mass is 19.4. The molecule has 0 radical (unpaired) electrons. The number of hydrogen-bond donors (Lipinski definition) is 1. The van der Waals surface area contributed by atoms with Gasteiger partial charge in [0.05, 0.1) is 12.6 Å². The van der Waals surface area contributed by atoms with Crippen molar-refractivity contribution in [2.24, 2.45) is 5.92 Å². The third-order valence-corrected chi connectivity index (χ3v) is 4.25. The second kappa shape index (κ2) is 8.00. The Morgan fingerprint density at radius 2 is 2.05 bits per heavy atom. The lowest BCUT2D eigenvalue weighted by atomic mass is 9.85. The SMILES string of the molecule is CCCN(CCC1CCCC1(C#N)NCC)CC(F)(F)F. The van der Waals surface area contributed by atoms with Gasteiger partial charge in [0.25, 0.3) is 0 Å². The Labute approximate surface area is 125 Å². The summed E-state index contributed by atoms with van der Waals surface area (Å²) in [6.07, 6.45) is -0.104. The first kappa shape index (κ1) is 18.2. The van der Waals surface area contributed by atoms with Crippen molar-refractivity contribution in [1.29, 1.82) is 5.26 Å². The number of alkyl halides is 3. The fourth-order valence-electron chi connectivity index (χ4n) is 3.38. The minimum Gasteiger partial charge on any atom is -0.299 e. The van der Waals surface area contributed by atoms with E-state index in [4.69, 9.17) is 0 Å². The molecule has 0 aromatic carbocycles. The monoisotopic (exact) mass is 305 g/mol. The van der Waals surface area contributed by atoms with Crippen molar-refractivity contribution in [2.75, 3.05) is 26.2 Å². The molecule has 0 spiro atoms. The Kier molecular flexibility index (Phi) is 6.95. The van der Waals surface area contributed by atoms with E-state index in [1.807, 2.05) is 13.8 Å². The van der Waals surface area contributed by atoms with E-state index in [-0.39, 0.29) is 5.92 Å². The second-order valence-electron chi connectivity index (χ2n) is 5.88. The van der Waals surface area contributed by atoms with Gasteiger partial charge in [0, 0.05) is 0 Å². The predicted molar refractivity (Wildman–Crippen MR) is 76.8 cm³/mol. The number of nitriles is 1. The summed E-state index contributed by atoms with van der Waals surface area (Å²) < 4.78 is 37.7. The lowest BCUT2D eigenvalue weighted by molar-refractivity contribution is -0.146. The van der Waals surface area contributed by atoms with E-state index in [1.165, 1.54) is 4.90 Å². The van der Waals surface area contributed by atoms with Crippen LogP contribution >= 0.6 is 0 Å². The molecule has 0 bridgehead atoms. The molecule has 0 aromatic rings. The number of halogens is 3. The number of rotatable bonds is 8. The number of hydrogen-bond acceptors (Lipinski definition) is 3. The van der Waals surface area contributed by atoms with Crippen molar-refractivity contribution in [3.8, 4) is 6.07 Å². The van der Waals surface area contributed by atoms with Crippen LogP contribution in [0.25, 0.3) is 0 Å². The zero-order valence-electron chi connectivity index (χ0n) is 13.0. The Morgan fingerprint density at radius 3 is 2.57 bits per heavy atom. The predicted octanol–water partition coefficient (Wildman–Crippen LogP) is 3.32. The van der Waals surface area contributed by atoms with Gasteiger partial charge in [0.15, 0.2) is 0 Å². The lowest BCUT2D eigenvalue weighted by Gasteiger charge is -2.31. The molecule has 1 N–H and O–H groups in total. The molecule has 2 atom stereocenters. The molecule has 1 saturated carbocycles. The highest BCUT2D eigenvalue weighted by Crippen LogP contribution is 2.37. The maximum absolute atomic E-state index is 12.6. The third kappa shape index (κ3) is 5.48. The van der Waals surface area contributed by atoms with Crippen LogP contribution in [0.4, 0.5) is 13.2 Å². The fraction of sp³-hybridized carbons (Fsp3) is 0.933. The second-order valence-corrected chi connectivity index (χ2v) is 5.88. The van der Waals surface area contributed by atoms with Gasteiger partial charge >= 0.3 is 6.18 Å². The highest BCUT2D eigenvalue weighted by Gasteiger charge is 2.42. The minimum atomic E-state index is -4.15. The topological polar surface area (TPSA) is 39.1 Å². The molecule has 0 aromatic heterocycles. The van der Waals surface area contributed by atoms with E-state index < -0.39 is 18.3 Å². The Hall–Kier alpha value is -0.800. The molecule has 1 aliphatic rings. The van der Waals surface area contributed by atoms with Gasteiger partial charge in [-0.25, -0.2) is 0 Å². The summed E-state index contributed by atoms with van der Waals surface area (Å²) in [4.78, 5) is 1.46. The number of nitrogens with zero attached hydrogens (tertiary/aromatic N) is 2. The largest absolute Gasteiger partial charge is 0.401 e. The van der Waals surface area contributed by atoms with Crippen molar-refractivity contribution < 1.29 is 13.2 Å². The molecule has 1 fully saturated rings. The molecule has 2 unspecified atom stereocenters. The molecule has 1 aliphatic carbocycles. The van der Waals surface area contributed by atoms with Crippen molar-refractivity contribution >= 4 is 0 Å². The normalized spacial score (nSPS) is 26.2. The first-order valence-corrected chi connectivity index (χ1v) is 7.82. The average Bonchev–Trinajstić information content (AvgIpc) is 2.78. The standard InChI is InChI=1S/C15H26F3N3/c1-3-9-21(12-15(16,17)18)10-7-13-6-5-8-14(13,11-19)20-4-2/h13,20H,3-10,12H2,1-2H3. The summed E-state index contributed by atoms with van der Waals surface area (Å²) in [7, 11) is 0. The van der Waals surface area contributed by atoms with Crippen molar-refractivity contribution in [1.82, 2.24) is 10.2 Å². The van der Waals surface area contributed by atoms with Gasteiger partial charge in [0.2, 0.25) is 0 Å². The molecule has 3 nitrogen and oxygen atoms in total. The summed E-state index contributed by atoms with van der Waals surface area (Å²) in [5.41, 5.74) is -0.537. The third-order valence-electron chi connectivity index (χ3n) is 4.25. The van der Waals surface area contributed by atoms with E-state index in [0.29, 0.717) is 32.5 Å². The molecule has 0 aliphatic heterocycles. The maximum atomic E-state index is 12.6. The van der Waals surface area contributed by atoms with Crippen LogP contribution in [0.5, 0.6) is 0 Å². The molecule has 21 heavy (non-hydrogen) atoms.